The van der Waals surface area contributed by atoms with Gasteiger partial charge in [-0.15, -0.1) is 11.3 Å². The van der Waals surface area contributed by atoms with Crippen molar-refractivity contribution in [2.75, 3.05) is 6.61 Å². The topological polar surface area (TPSA) is 68.1 Å². The summed E-state index contributed by atoms with van der Waals surface area (Å²) in [5, 5.41) is 11.0. The van der Waals surface area contributed by atoms with Gasteiger partial charge in [-0.3, -0.25) is 4.98 Å². The van der Waals surface area contributed by atoms with Crippen LogP contribution in [0.3, 0.4) is 0 Å². The summed E-state index contributed by atoms with van der Waals surface area (Å²) in [6.07, 6.45) is 6.26. The molecule has 2 aromatic rings. The monoisotopic (exact) mass is 279 g/mol. The van der Waals surface area contributed by atoms with Crippen LogP contribution in [-0.4, -0.2) is 26.7 Å². The van der Waals surface area contributed by atoms with Crippen LogP contribution in [-0.2, 0) is 5.60 Å². The molecular weight excluding hydrogens is 262 g/mol. The summed E-state index contributed by atoms with van der Waals surface area (Å²) in [7, 11) is 0. The molecule has 0 saturated carbocycles. The minimum atomic E-state index is -1.11. The van der Waals surface area contributed by atoms with Crippen LogP contribution in [0.15, 0.2) is 30.4 Å². The summed E-state index contributed by atoms with van der Waals surface area (Å²) < 4.78 is 5.63. The molecule has 0 spiro atoms. The van der Waals surface area contributed by atoms with Crippen molar-refractivity contribution in [2.24, 2.45) is 5.41 Å². The first-order valence-corrected chi connectivity index (χ1v) is 6.80. The van der Waals surface area contributed by atoms with Gasteiger partial charge in [-0.1, -0.05) is 20.8 Å². The number of aromatic nitrogens is 3. The van der Waals surface area contributed by atoms with Crippen LogP contribution >= 0.6 is 11.3 Å². The van der Waals surface area contributed by atoms with Crippen molar-refractivity contribution in [2.45, 2.75) is 26.4 Å². The van der Waals surface area contributed by atoms with E-state index < -0.39 is 5.60 Å². The molecule has 0 aliphatic carbocycles. The average Bonchev–Trinajstić information content (AvgIpc) is 2.90. The Bertz CT molecular complexity index is 510. The summed E-state index contributed by atoms with van der Waals surface area (Å²) >= 11 is 1.42. The van der Waals surface area contributed by atoms with E-state index in [0.29, 0.717) is 5.75 Å². The molecule has 2 rings (SSSR count). The fraction of sp³-hybridized carbons (Fsp3) is 0.462. The quantitative estimate of drug-likeness (QED) is 0.929. The molecule has 2 aromatic heterocycles. The van der Waals surface area contributed by atoms with Gasteiger partial charge in [0.15, 0.2) is 5.75 Å². The van der Waals surface area contributed by atoms with E-state index in [1.54, 1.807) is 24.1 Å². The predicted molar refractivity (Wildman–Crippen MR) is 73.0 cm³/mol. The first-order chi connectivity index (χ1) is 8.93. The van der Waals surface area contributed by atoms with Gasteiger partial charge < -0.3 is 9.84 Å². The lowest BCUT2D eigenvalue weighted by atomic mass is 9.76. The van der Waals surface area contributed by atoms with Crippen molar-refractivity contribution < 1.29 is 9.84 Å². The van der Waals surface area contributed by atoms with Gasteiger partial charge in [-0.2, -0.15) is 0 Å². The Morgan fingerprint density at radius 1 is 1.16 bits per heavy atom. The zero-order valence-corrected chi connectivity index (χ0v) is 12.0. The summed E-state index contributed by atoms with van der Waals surface area (Å²) in [5.41, 5.74) is 0.219. The van der Waals surface area contributed by atoms with Gasteiger partial charge in [0.2, 0.25) is 0 Å². The van der Waals surface area contributed by atoms with Crippen LogP contribution in [0.25, 0.3) is 0 Å². The van der Waals surface area contributed by atoms with Crippen LogP contribution < -0.4 is 4.74 Å². The number of hydrogen-bond donors (Lipinski definition) is 1. The Hall–Kier alpha value is -1.53. The Labute approximate surface area is 116 Å². The third-order valence-electron chi connectivity index (χ3n) is 3.07. The zero-order chi connectivity index (χ0) is 13.9. The number of aliphatic hydroxyl groups is 1. The van der Waals surface area contributed by atoms with Gasteiger partial charge in [0.05, 0.1) is 22.8 Å². The predicted octanol–water partition coefficient (Wildman–Crippen LogP) is 2.25. The Morgan fingerprint density at radius 3 is 2.37 bits per heavy atom. The largest absolute Gasteiger partial charge is 0.487 e. The molecule has 1 N–H and O–H groups in total. The maximum absolute atomic E-state index is 11.0. The van der Waals surface area contributed by atoms with E-state index in [9.17, 15) is 5.11 Å². The van der Waals surface area contributed by atoms with E-state index in [2.05, 4.69) is 15.0 Å². The van der Waals surface area contributed by atoms with E-state index in [-0.39, 0.29) is 12.0 Å². The Morgan fingerprint density at radius 2 is 1.84 bits per heavy atom. The Kier molecular flexibility index (Phi) is 3.82. The van der Waals surface area contributed by atoms with Gasteiger partial charge in [0.1, 0.15) is 18.5 Å². The van der Waals surface area contributed by atoms with Crippen LogP contribution in [0.1, 0.15) is 25.6 Å². The molecule has 0 aliphatic heterocycles. The summed E-state index contributed by atoms with van der Waals surface area (Å²) in [4.78, 5) is 12.6. The molecule has 6 heteroatoms. The molecular formula is C13H17N3O2S. The number of hydrogen-bond acceptors (Lipinski definition) is 6. The van der Waals surface area contributed by atoms with E-state index in [4.69, 9.17) is 4.74 Å². The molecule has 0 aromatic carbocycles. The minimum Gasteiger partial charge on any atom is -0.487 e. The minimum absolute atomic E-state index is 0.131. The van der Waals surface area contributed by atoms with Gasteiger partial charge in [0.25, 0.3) is 0 Å². The molecule has 1 atom stereocenters. The first-order valence-electron chi connectivity index (χ1n) is 5.93. The molecule has 0 amide bonds. The van der Waals surface area contributed by atoms with Crippen molar-refractivity contribution in [1.29, 1.82) is 0 Å². The molecule has 0 fully saturated rings. The van der Waals surface area contributed by atoms with E-state index in [1.807, 2.05) is 20.8 Å². The molecule has 5 nitrogen and oxygen atoms in total. The number of ether oxygens (including phenoxy) is 1. The molecule has 0 saturated heterocycles. The lowest BCUT2D eigenvalue weighted by molar-refractivity contribution is -0.0919. The van der Waals surface area contributed by atoms with Crippen molar-refractivity contribution in [3.63, 3.8) is 0 Å². The van der Waals surface area contributed by atoms with Gasteiger partial charge in [-0.05, 0) is 5.41 Å². The van der Waals surface area contributed by atoms with Gasteiger partial charge in [0, 0.05) is 6.20 Å². The van der Waals surface area contributed by atoms with E-state index in [1.165, 1.54) is 17.7 Å². The van der Waals surface area contributed by atoms with E-state index >= 15 is 0 Å². The standard InChI is InChI=1S/C13H17N3O2S/c1-12(2,3)13(17,11-6-16-9-19-11)7-18-10-4-14-8-15-5-10/h4-6,8-9,17H,7H2,1-3H3. The fourth-order valence-corrected chi connectivity index (χ4v) is 2.54. The smallest absolute Gasteiger partial charge is 0.156 e. The highest BCUT2D eigenvalue weighted by Crippen LogP contribution is 2.41. The SMILES string of the molecule is CC(C)(C)C(O)(COc1cncnc1)c1cncs1. The maximum Gasteiger partial charge on any atom is 0.156 e. The fourth-order valence-electron chi connectivity index (χ4n) is 1.62. The van der Waals surface area contributed by atoms with Crippen molar-refractivity contribution in [1.82, 2.24) is 15.0 Å². The number of rotatable bonds is 4. The second-order valence-electron chi connectivity index (χ2n) is 5.34. The first kappa shape index (κ1) is 13.9. The molecule has 19 heavy (non-hydrogen) atoms. The second kappa shape index (κ2) is 5.22. The van der Waals surface area contributed by atoms with Crippen LogP contribution in [0, 0.1) is 5.41 Å². The second-order valence-corrected chi connectivity index (χ2v) is 6.23. The van der Waals surface area contributed by atoms with Crippen LogP contribution in [0.2, 0.25) is 0 Å². The van der Waals surface area contributed by atoms with Gasteiger partial charge >= 0.3 is 0 Å². The molecule has 102 valence electrons. The highest BCUT2D eigenvalue weighted by molar-refractivity contribution is 7.09. The van der Waals surface area contributed by atoms with Crippen LogP contribution in [0.5, 0.6) is 5.75 Å². The molecule has 2 heterocycles. The van der Waals surface area contributed by atoms with Crippen molar-refractivity contribution in [3.05, 3.63) is 35.3 Å². The van der Waals surface area contributed by atoms with Gasteiger partial charge in [-0.25, -0.2) is 9.97 Å². The third-order valence-corrected chi connectivity index (χ3v) is 3.99. The maximum atomic E-state index is 11.0. The summed E-state index contributed by atoms with van der Waals surface area (Å²) in [6, 6.07) is 0. The average molecular weight is 279 g/mol. The van der Waals surface area contributed by atoms with E-state index in [0.717, 1.165) is 4.88 Å². The summed E-state index contributed by atoms with van der Waals surface area (Å²) in [6.45, 7) is 6.04. The molecule has 1 unspecified atom stereocenters. The normalized spacial score (nSPS) is 14.9. The van der Waals surface area contributed by atoms with Crippen LogP contribution in [0.4, 0.5) is 0 Å². The summed E-state index contributed by atoms with van der Waals surface area (Å²) in [5.74, 6) is 0.537. The number of thiazole rings is 1. The number of nitrogens with zero attached hydrogens (tertiary/aromatic N) is 3. The lowest BCUT2D eigenvalue weighted by Crippen LogP contribution is -2.44. The zero-order valence-electron chi connectivity index (χ0n) is 11.2. The molecule has 0 aliphatic rings. The molecule has 0 radical (unpaired) electrons. The highest BCUT2D eigenvalue weighted by atomic mass is 32.1. The van der Waals surface area contributed by atoms with Crippen molar-refractivity contribution in [3.8, 4) is 5.75 Å². The highest BCUT2D eigenvalue weighted by Gasteiger charge is 2.44. The van der Waals surface area contributed by atoms with Crippen molar-refractivity contribution >= 4 is 11.3 Å². The lowest BCUT2D eigenvalue weighted by Gasteiger charge is -2.38. The third kappa shape index (κ3) is 2.90. The Balaban J connectivity index is 2.21. The molecule has 0 bridgehead atoms.